The van der Waals surface area contributed by atoms with Gasteiger partial charge in [0.2, 0.25) is 0 Å². The number of rotatable bonds is 4. The van der Waals surface area contributed by atoms with Crippen LogP contribution in [0.2, 0.25) is 0 Å². The van der Waals surface area contributed by atoms with Crippen LogP contribution in [0, 0.1) is 12.3 Å². The summed E-state index contributed by atoms with van der Waals surface area (Å²) in [7, 11) is 0. The lowest BCUT2D eigenvalue weighted by Gasteiger charge is -2.11. The van der Waals surface area contributed by atoms with Crippen LogP contribution in [0.1, 0.15) is 20.7 Å². The molecule has 5 heteroatoms. The summed E-state index contributed by atoms with van der Waals surface area (Å²) in [6.07, 6.45) is 5.08. The molecule has 0 aliphatic heterocycles. The molecular weight excluding hydrogens is 260 g/mol. The molecule has 0 unspecified atom stereocenters. The normalized spacial score (nSPS) is 9.95. The van der Waals surface area contributed by atoms with Crippen molar-refractivity contribution in [2.75, 3.05) is 6.61 Å². The highest BCUT2D eigenvalue weighted by molar-refractivity contribution is 6.12. The van der Waals surface area contributed by atoms with Crippen LogP contribution in [0.15, 0.2) is 30.3 Å². The van der Waals surface area contributed by atoms with Crippen LogP contribution in [0.3, 0.4) is 0 Å². The SMILES string of the molecule is C#CCOc1ccc2c(C(=O)O)cccc2c1C(=O)O. The van der Waals surface area contributed by atoms with Crippen molar-refractivity contribution >= 4 is 22.7 Å². The Morgan fingerprint density at radius 3 is 2.45 bits per heavy atom. The highest BCUT2D eigenvalue weighted by Crippen LogP contribution is 2.30. The zero-order valence-corrected chi connectivity index (χ0v) is 10.3. The second kappa shape index (κ2) is 5.33. The fourth-order valence-corrected chi connectivity index (χ4v) is 1.98. The average Bonchev–Trinajstić information content (AvgIpc) is 2.43. The molecule has 0 saturated heterocycles. The maximum atomic E-state index is 11.4. The van der Waals surface area contributed by atoms with Gasteiger partial charge in [-0.2, -0.15) is 0 Å². The van der Waals surface area contributed by atoms with E-state index in [1.165, 1.54) is 30.3 Å². The van der Waals surface area contributed by atoms with Gasteiger partial charge in [0.05, 0.1) is 5.56 Å². The molecule has 2 aromatic carbocycles. The summed E-state index contributed by atoms with van der Waals surface area (Å²) in [5.41, 5.74) is -0.0608. The van der Waals surface area contributed by atoms with Crippen molar-refractivity contribution < 1.29 is 24.5 Å². The first-order chi connectivity index (χ1) is 9.56. The molecule has 100 valence electrons. The van der Waals surface area contributed by atoms with Crippen molar-refractivity contribution in [3.8, 4) is 18.1 Å². The smallest absolute Gasteiger partial charge is 0.340 e. The molecule has 5 nitrogen and oxygen atoms in total. The number of hydrogen-bond donors (Lipinski definition) is 2. The third kappa shape index (κ3) is 2.27. The van der Waals surface area contributed by atoms with Gasteiger partial charge in [0.25, 0.3) is 0 Å². The van der Waals surface area contributed by atoms with Crippen molar-refractivity contribution in [3.63, 3.8) is 0 Å². The Hall–Kier alpha value is -3.00. The lowest BCUT2D eigenvalue weighted by molar-refractivity contribution is 0.0684. The number of carboxylic acid groups (broad SMARTS) is 2. The highest BCUT2D eigenvalue weighted by atomic mass is 16.5. The highest BCUT2D eigenvalue weighted by Gasteiger charge is 2.18. The Balaban J connectivity index is 2.76. The predicted molar refractivity (Wildman–Crippen MR) is 72.2 cm³/mol. The van der Waals surface area contributed by atoms with E-state index in [2.05, 4.69) is 5.92 Å². The first kappa shape index (κ1) is 13.4. The van der Waals surface area contributed by atoms with Crippen LogP contribution >= 0.6 is 0 Å². The number of benzene rings is 2. The molecule has 0 aliphatic carbocycles. The predicted octanol–water partition coefficient (Wildman–Crippen LogP) is 2.25. The van der Waals surface area contributed by atoms with Crippen LogP contribution in [0.5, 0.6) is 5.75 Å². The number of fused-ring (bicyclic) bond motifs is 1. The third-order valence-corrected chi connectivity index (χ3v) is 2.78. The van der Waals surface area contributed by atoms with Crippen LogP contribution in [-0.4, -0.2) is 28.8 Å². The molecule has 0 fully saturated rings. The zero-order valence-electron chi connectivity index (χ0n) is 10.3. The summed E-state index contributed by atoms with van der Waals surface area (Å²) in [4.78, 5) is 22.5. The Morgan fingerprint density at radius 1 is 1.10 bits per heavy atom. The quantitative estimate of drug-likeness (QED) is 0.832. The summed E-state index contributed by atoms with van der Waals surface area (Å²) >= 11 is 0. The number of carboxylic acids is 2. The number of ether oxygens (including phenoxy) is 1. The van der Waals surface area contributed by atoms with Crippen molar-refractivity contribution in [2.24, 2.45) is 0 Å². The number of carbonyl (C=O) groups is 2. The van der Waals surface area contributed by atoms with E-state index in [9.17, 15) is 14.7 Å². The molecule has 0 heterocycles. The molecule has 0 spiro atoms. The molecule has 0 saturated carbocycles. The first-order valence-corrected chi connectivity index (χ1v) is 5.65. The van der Waals surface area contributed by atoms with Gasteiger partial charge < -0.3 is 14.9 Å². The van der Waals surface area contributed by atoms with Gasteiger partial charge in [-0.1, -0.05) is 18.1 Å². The van der Waals surface area contributed by atoms with Crippen LogP contribution in [-0.2, 0) is 0 Å². The molecule has 0 radical (unpaired) electrons. The molecule has 20 heavy (non-hydrogen) atoms. The van der Waals surface area contributed by atoms with Gasteiger partial charge in [-0.3, -0.25) is 0 Å². The van der Waals surface area contributed by atoms with Crippen molar-refractivity contribution in [1.82, 2.24) is 0 Å². The minimum absolute atomic E-state index is 0.0356. The number of hydrogen-bond acceptors (Lipinski definition) is 3. The van der Waals surface area contributed by atoms with Crippen LogP contribution < -0.4 is 4.74 Å². The minimum Gasteiger partial charge on any atom is -0.480 e. The first-order valence-electron chi connectivity index (χ1n) is 5.65. The topological polar surface area (TPSA) is 83.8 Å². The third-order valence-electron chi connectivity index (χ3n) is 2.78. The van der Waals surface area contributed by atoms with E-state index in [-0.39, 0.29) is 23.5 Å². The number of aromatic carboxylic acids is 2. The summed E-state index contributed by atoms with van der Waals surface area (Å²) in [6, 6.07) is 7.36. The summed E-state index contributed by atoms with van der Waals surface area (Å²) in [5.74, 6) is 0.0423. The zero-order chi connectivity index (χ0) is 14.7. The van der Waals surface area contributed by atoms with E-state index in [0.717, 1.165) is 0 Å². The lowest BCUT2D eigenvalue weighted by Crippen LogP contribution is -2.06. The Bertz CT molecular complexity index is 740. The molecule has 0 aromatic heterocycles. The van der Waals surface area contributed by atoms with E-state index >= 15 is 0 Å². The molecule has 0 bridgehead atoms. The molecule has 0 amide bonds. The van der Waals surface area contributed by atoms with E-state index in [1.807, 2.05) is 0 Å². The monoisotopic (exact) mass is 270 g/mol. The van der Waals surface area contributed by atoms with Crippen LogP contribution in [0.25, 0.3) is 10.8 Å². The van der Waals surface area contributed by atoms with Gasteiger partial charge >= 0.3 is 11.9 Å². The fraction of sp³-hybridized carbons (Fsp3) is 0.0667. The molecule has 2 rings (SSSR count). The van der Waals surface area contributed by atoms with Crippen molar-refractivity contribution in [3.05, 3.63) is 41.5 Å². The second-order valence-electron chi connectivity index (χ2n) is 3.94. The summed E-state index contributed by atoms with van der Waals surface area (Å²) in [5, 5.41) is 19.1. The Labute approximate surface area is 114 Å². The summed E-state index contributed by atoms with van der Waals surface area (Å²) < 4.78 is 5.19. The Morgan fingerprint density at radius 2 is 1.85 bits per heavy atom. The van der Waals surface area contributed by atoms with Gasteiger partial charge in [0.1, 0.15) is 17.9 Å². The van der Waals surface area contributed by atoms with E-state index in [0.29, 0.717) is 10.8 Å². The molecule has 2 N–H and O–H groups in total. The van der Waals surface area contributed by atoms with E-state index in [1.54, 1.807) is 0 Å². The maximum absolute atomic E-state index is 11.4. The van der Waals surface area contributed by atoms with E-state index in [4.69, 9.17) is 16.3 Å². The second-order valence-corrected chi connectivity index (χ2v) is 3.94. The molecule has 2 aromatic rings. The van der Waals surface area contributed by atoms with Gasteiger partial charge in [0.15, 0.2) is 0 Å². The van der Waals surface area contributed by atoms with Crippen molar-refractivity contribution in [1.29, 1.82) is 0 Å². The summed E-state index contributed by atoms with van der Waals surface area (Å²) in [6.45, 7) is -0.0651. The van der Waals surface area contributed by atoms with Gasteiger partial charge in [-0.05, 0) is 23.6 Å². The molecule has 0 aliphatic rings. The fourth-order valence-electron chi connectivity index (χ4n) is 1.98. The molecule has 0 atom stereocenters. The number of terminal acetylenes is 1. The average molecular weight is 270 g/mol. The largest absolute Gasteiger partial charge is 0.480 e. The van der Waals surface area contributed by atoms with Gasteiger partial charge in [-0.25, -0.2) is 9.59 Å². The standard InChI is InChI=1S/C15H10O5/c1-2-8-20-12-7-6-9-10(13(12)15(18)19)4-3-5-11(9)14(16)17/h1,3-7H,8H2,(H,16,17)(H,18,19). The minimum atomic E-state index is -1.20. The van der Waals surface area contributed by atoms with Gasteiger partial charge in [0, 0.05) is 5.39 Å². The molecular formula is C15H10O5. The van der Waals surface area contributed by atoms with Crippen molar-refractivity contribution in [2.45, 2.75) is 0 Å². The Kier molecular flexibility index (Phi) is 3.58. The lowest BCUT2D eigenvalue weighted by atomic mass is 9.99. The van der Waals surface area contributed by atoms with Gasteiger partial charge in [-0.15, -0.1) is 6.42 Å². The van der Waals surface area contributed by atoms with E-state index < -0.39 is 11.9 Å². The maximum Gasteiger partial charge on any atom is 0.340 e. The van der Waals surface area contributed by atoms with Crippen LogP contribution in [0.4, 0.5) is 0 Å².